The maximum atomic E-state index is 14.0. The maximum absolute atomic E-state index is 14.0. The van der Waals surface area contributed by atoms with Crippen molar-refractivity contribution in [2.24, 2.45) is 11.8 Å². The SMILES string of the molecule is C=CCCCOC(=O)[C@H]1[C@H]2C(=O)N([C@@H](CC)CO)C(C(=O)N(CC=C)C(C)C)C23CC(Br)[C@@H]1O3. The number of likely N-dealkylation sites (tertiary alicyclic amines) is 1. The van der Waals surface area contributed by atoms with E-state index in [1.807, 2.05) is 20.8 Å². The van der Waals surface area contributed by atoms with Crippen LogP contribution in [-0.4, -0.2) is 87.1 Å². The first-order valence-electron chi connectivity index (χ1n) is 12.1. The van der Waals surface area contributed by atoms with Gasteiger partial charge in [-0.05, 0) is 39.5 Å². The van der Waals surface area contributed by atoms with Crippen molar-refractivity contribution in [3.63, 3.8) is 0 Å². The third-order valence-electron chi connectivity index (χ3n) is 7.34. The molecule has 2 amide bonds. The lowest BCUT2D eigenvalue weighted by molar-refractivity contribution is -0.156. The molecule has 8 nitrogen and oxygen atoms in total. The van der Waals surface area contributed by atoms with E-state index in [0.717, 1.165) is 6.42 Å². The first-order valence-corrected chi connectivity index (χ1v) is 13.0. The molecule has 3 aliphatic heterocycles. The van der Waals surface area contributed by atoms with E-state index in [9.17, 15) is 19.5 Å². The Morgan fingerprint density at radius 2 is 2.09 bits per heavy atom. The predicted octanol–water partition coefficient (Wildman–Crippen LogP) is 2.44. The van der Waals surface area contributed by atoms with E-state index in [-0.39, 0.29) is 35.9 Å². The quantitative estimate of drug-likeness (QED) is 0.177. The molecule has 1 N–H and O–H groups in total. The van der Waals surface area contributed by atoms with Gasteiger partial charge in [0.2, 0.25) is 11.8 Å². The van der Waals surface area contributed by atoms with E-state index in [4.69, 9.17) is 9.47 Å². The van der Waals surface area contributed by atoms with Crippen molar-refractivity contribution in [1.82, 2.24) is 9.80 Å². The Kier molecular flexibility index (Phi) is 8.63. The molecule has 0 saturated carbocycles. The van der Waals surface area contributed by atoms with Crippen LogP contribution in [0.25, 0.3) is 0 Å². The Hall–Kier alpha value is -1.71. The third kappa shape index (κ3) is 4.35. The zero-order valence-corrected chi connectivity index (χ0v) is 21.9. The first-order chi connectivity index (χ1) is 16.2. The van der Waals surface area contributed by atoms with Gasteiger partial charge in [0.15, 0.2) is 0 Å². The Bertz CT molecular complexity index is 815. The number of alkyl halides is 1. The van der Waals surface area contributed by atoms with Gasteiger partial charge < -0.3 is 24.4 Å². The lowest BCUT2D eigenvalue weighted by Gasteiger charge is -2.40. The van der Waals surface area contributed by atoms with Gasteiger partial charge in [0.25, 0.3) is 0 Å². The number of aliphatic hydroxyl groups excluding tert-OH is 1. The summed E-state index contributed by atoms with van der Waals surface area (Å²) in [4.78, 5) is 44.1. The van der Waals surface area contributed by atoms with E-state index >= 15 is 0 Å². The Morgan fingerprint density at radius 3 is 2.65 bits per heavy atom. The molecule has 3 aliphatic rings. The molecule has 190 valence electrons. The van der Waals surface area contributed by atoms with Crippen LogP contribution in [0.2, 0.25) is 0 Å². The topological polar surface area (TPSA) is 96.4 Å². The highest BCUT2D eigenvalue weighted by atomic mass is 79.9. The zero-order valence-electron chi connectivity index (χ0n) is 20.3. The average molecular weight is 541 g/mol. The van der Waals surface area contributed by atoms with E-state index in [1.54, 1.807) is 17.1 Å². The highest BCUT2D eigenvalue weighted by Crippen LogP contribution is 2.60. The summed E-state index contributed by atoms with van der Waals surface area (Å²) in [6.45, 7) is 13.4. The van der Waals surface area contributed by atoms with Crippen LogP contribution in [0.1, 0.15) is 46.5 Å². The van der Waals surface area contributed by atoms with Gasteiger partial charge in [-0.3, -0.25) is 14.4 Å². The van der Waals surface area contributed by atoms with Crippen LogP contribution in [0.15, 0.2) is 25.3 Å². The van der Waals surface area contributed by atoms with Gasteiger partial charge >= 0.3 is 5.97 Å². The van der Waals surface area contributed by atoms with E-state index in [1.165, 1.54) is 4.90 Å². The second-order valence-electron chi connectivity index (χ2n) is 9.63. The number of hydrogen-bond donors (Lipinski definition) is 1. The minimum atomic E-state index is -1.16. The summed E-state index contributed by atoms with van der Waals surface area (Å²) >= 11 is 3.65. The number of rotatable bonds is 12. The third-order valence-corrected chi connectivity index (χ3v) is 8.18. The molecule has 9 heteroatoms. The maximum Gasteiger partial charge on any atom is 0.312 e. The number of fused-ring (bicyclic) bond motifs is 1. The van der Waals surface area contributed by atoms with E-state index < -0.39 is 41.6 Å². The van der Waals surface area contributed by atoms with Gasteiger partial charge in [-0.25, -0.2) is 0 Å². The summed E-state index contributed by atoms with van der Waals surface area (Å²) in [5.41, 5.74) is -1.16. The molecule has 0 aromatic heterocycles. The number of esters is 1. The number of carbonyl (C=O) groups is 3. The standard InChI is InChI=1S/C25H37BrN2O6/c1-6-9-10-12-33-24(32)18-19-22(30)28(16(8-3)14-29)21(23(31)27(11-7-2)15(4)5)25(19)13-17(26)20(18)34-25/h6-7,15-21,29H,1-2,8-14H2,3-5H3/t16-,17?,18-,19-,20-,21?,25?/m0/s1. The Balaban J connectivity index is 2.03. The van der Waals surface area contributed by atoms with Crippen LogP contribution in [0, 0.1) is 11.8 Å². The van der Waals surface area contributed by atoms with Gasteiger partial charge in [-0.1, -0.05) is 35.0 Å². The number of ether oxygens (including phenoxy) is 2. The summed E-state index contributed by atoms with van der Waals surface area (Å²) in [5, 5.41) is 10.1. The number of unbranched alkanes of at least 4 members (excludes halogenated alkanes) is 1. The Labute approximate surface area is 210 Å². The van der Waals surface area contributed by atoms with Crippen molar-refractivity contribution in [2.75, 3.05) is 19.8 Å². The number of halogens is 1. The van der Waals surface area contributed by atoms with Crippen molar-refractivity contribution < 1.29 is 29.0 Å². The van der Waals surface area contributed by atoms with Crippen LogP contribution >= 0.6 is 15.9 Å². The lowest BCUT2D eigenvalue weighted by Crippen LogP contribution is -2.59. The molecule has 0 radical (unpaired) electrons. The van der Waals surface area contributed by atoms with Crippen LogP contribution in [0.3, 0.4) is 0 Å². The zero-order chi connectivity index (χ0) is 25.2. The fourth-order valence-electron chi connectivity index (χ4n) is 5.77. The van der Waals surface area contributed by atoms with Crippen molar-refractivity contribution in [2.45, 2.75) is 81.1 Å². The molecular formula is C25H37BrN2O6. The highest BCUT2D eigenvalue weighted by Gasteiger charge is 2.77. The number of hydrogen-bond acceptors (Lipinski definition) is 6. The predicted molar refractivity (Wildman–Crippen MR) is 131 cm³/mol. The largest absolute Gasteiger partial charge is 0.465 e. The number of aliphatic hydroxyl groups is 1. The van der Waals surface area contributed by atoms with Crippen molar-refractivity contribution >= 4 is 33.7 Å². The van der Waals surface area contributed by atoms with E-state index in [0.29, 0.717) is 25.8 Å². The first kappa shape index (κ1) is 26.9. The van der Waals surface area contributed by atoms with Crippen LogP contribution in [0.5, 0.6) is 0 Å². The van der Waals surface area contributed by atoms with Gasteiger partial charge in [0.05, 0.1) is 37.2 Å². The van der Waals surface area contributed by atoms with Crippen LogP contribution in [0.4, 0.5) is 0 Å². The summed E-state index contributed by atoms with van der Waals surface area (Å²) in [6.07, 6.45) is 5.11. The molecule has 2 bridgehead atoms. The number of carbonyl (C=O) groups excluding carboxylic acids is 3. The second kappa shape index (κ2) is 10.9. The number of amides is 2. The normalized spacial score (nSPS) is 32.6. The number of nitrogens with zero attached hydrogens (tertiary/aromatic N) is 2. The molecule has 3 saturated heterocycles. The molecule has 0 aromatic carbocycles. The minimum Gasteiger partial charge on any atom is -0.465 e. The second-order valence-corrected chi connectivity index (χ2v) is 10.8. The van der Waals surface area contributed by atoms with Gasteiger partial charge in [0, 0.05) is 17.4 Å². The van der Waals surface area contributed by atoms with Crippen LogP contribution < -0.4 is 0 Å². The smallest absolute Gasteiger partial charge is 0.312 e. The molecular weight excluding hydrogens is 504 g/mol. The molecule has 1 spiro atoms. The molecule has 34 heavy (non-hydrogen) atoms. The average Bonchev–Trinajstić information content (AvgIpc) is 3.39. The molecule has 0 aromatic rings. The van der Waals surface area contributed by atoms with Crippen molar-refractivity contribution in [3.8, 4) is 0 Å². The molecule has 3 heterocycles. The van der Waals surface area contributed by atoms with E-state index in [2.05, 4.69) is 29.1 Å². The molecule has 7 atom stereocenters. The van der Waals surface area contributed by atoms with Crippen molar-refractivity contribution in [1.29, 1.82) is 0 Å². The fourth-order valence-corrected chi connectivity index (χ4v) is 6.71. The molecule has 3 fully saturated rings. The Morgan fingerprint density at radius 1 is 1.38 bits per heavy atom. The fraction of sp³-hybridized carbons (Fsp3) is 0.720. The summed E-state index contributed by atoms with van der Waals surface area (Å²) < 4.78 is 12.0. The summed E-state index contributed by atoms with van der Waals surface area (Å²) in [7, 11) is 0. The highest BCUT2D eigenvalue weighted by molar-refractivity contribution is 9.09. The molecule has 3 rings (SSSR count). The minimum absolute atomic E-state index is 0.129. The van der Waals surface area contributed by atoms with Gasteiger partial charge in [-0.15, -0.1) is 13.2 Å². The lowest BCUT2D eigenvalue weighted by atomic mass is 9.70. The monoisotopic (exact) mass is 540 g/mol. The number of allylic oxidation sites excluding steroid dienone is 1. The summed E-state index contributed by atoms with van der Waals surface area (Å²) in [5.74, 6) is -2.69. The summed E-state index contributed by atoms with van der Waals surface area (Å²) in [6, 6.07) is -1.62. The van der Waals surface area contributed by atoms with Crippen LogP contribution in [-0.2, 0) is 23.9 Å². The van der Waals surface area contributed by atoms with Gasteiger partial charge in [-0.2, -0.15) is 0 Å². The molecule has 0 aliphatic carbocycles. The van der Waals surface area contributed by atoms with Gasteiger partial charge in [0.1, 0.15) is 11.6 Å². The molecule has 3 unspecified atom stereocenters. The van der Waals surface area contributed by atoms with Crippen molar-refractivity contribution in [3.05, 3.63) is 25.3 Å².